The molecule has 0 radical (unpaired) electrons. The van der Waals surface area contributed by atoms with E-state index in [0.29, 0.717) is 16.9 Å². The summed E-state index contributed by atoms with van der Waals surface area (Å²) < 4.78 is 28.9. The van der Waals surface area contributed by atoms with E-state index in [1.165, 1.54) is 27.1 Å². The van der Waals surface area contributed by atoms with Gasteiger partial charge in [-0.05, 0) is 25.1 Å². The third-order valence-corrected chi connectivity index (χ3v) is 4.15. The van der Waals surface area contributed by atoms with E-state index in [9.17, 15) is 18.0 Å². The molecule has 0 atom stereocenters. The first kappa shape index (κ1) is 16.2. The molecule has 0 unspecified atom stereocenters. The number of amides is 1. The molecular weight excluding hydrogens is 282 g/mol. The number of hydrogen-bond acceptors (Lipinski definition) is 5. The van der Waals surface area contributed by atoms with Crippen LogP contribution in [0.2, 0.25) is 0 Å². The first-order chi connectivity index (χ1) is 9.29. The summed E-state index contributed by atoms with van der Waals surface area (Å²) in [7, 11) is -0.840. The van der Waals surface area contributed by atoms with E-state index in [2.05, 4.69) is 5.32 Å². The second-order valence-electron chi connectivity index (χ2n) is 4.29. The number of carbonyl (C=O) groups is 2. The molecule has 1 N–H and O–H groups in total. The van der Waals surface area contributed by atoms with E-state index >= 15 is 0 Å². The Kier molecular flexibility index (Phi) is 5.26. The molecule has 0 saturated heterocycles. The molecule has 6 nitrogen and oxygen atoms in total. The Hall–Kier alpha value is -1.89. The third-order valence-electron chi connectivity index (χ3n) is 2.69. The Balaban J connectivity index is 3.09. The van der Waals surface area contributed by atoms with E-state index in [0.717, 1.165) is 0 Å². The van der Waals surface area contributed by atoms with Crippen LogP contribution in [0.15, 0.2) is 18.2 Å². The van der Waals surface area contributed by atoms with Gasteiger partial charge in [0.1, 0.15) is 11.5 Å². The SMILES string of the molecule is CNC(=O)CS(=O)(=O)Cc1cc(C(C)=O)ccc1OC. The number of carbonyl (C=O) groups excluding carboxylic acids is 2. The maximum absolute atomic E-state index is 11.9. The summed E-state index contributed by atoms with van der Waals surface area (Å²) in [6.07, 6.45) is 0. The number of Topliss-reactive ketones (excluding diaryl/α,β-unsaturated/α-hetero) is 1. The fourth-order valence-electron chi connectivity index (χ4n) is 1.67. The Labute approximate surface area is 118 Å². The van der Waals surface area contributed by atoms with Gasteiger partial charge in [-0.15, -0.1) is 0 Å². The summed E-state index contributed by atoms with van der Waals surface area (Å²) in [6, 6.07) is 4.58. The molecule has 1 amide bonds. The average Bonchev–Trinajstić information content (AvgIpc) is 2.37. The molecule has 1 rings (SSSR count). The van der Waals surface area contributed by atoms with E-state index in [1.54, 1.807) is 12.1 Å². The largest absolute Gasteiger partial charge is 0.496 e. The molecular formula is C13H17NO5S. The summed E-state index contributed by atoms with van der Waals surface area (Å²) in [6.45, 7) is 1.39. The van der Waals surface area contributed by atoms with Crippen molar-refractivity contribution < 1.29 is 22.7 Å². The van der Waals surface area contributed by atoms with Crippen molar-refractivity contribution in [2.24, 2.45) is 0 Å². The number of ether oxygens (including phenoxy) is 1. The number of nitrogens with one attached hydrogen (secondary N) is 1. The standard InChI is InChI=1S/C13H17NO5S/c1-9(15)10-4-5-12(19-3)11(6-10)7-20(17,18)8-13(16)14-2/h4-6H,7-8H2,1-3H3,(H,14,16). The molecule has 0 saturated carbocycles. The highest BCUT2D eigenvalue weighted by molar-refractivity contribution is 7.91. The van der Waals surface area contributed by atoms with Gasteiger partial charge in [-0.2, -0.15) is 0 Å². The van der Waals surface area contributed by atoms with Crippen molar-refractivity contribution in [3.63, 3.8) is 0 Å². The first-order valence-corrected chi connectivity index (χ1v) is 7.70. The molecule has 20 heavy (non-hydrogen) atoms. The number of benzene rings is 1. The highest BCUT2D eigenvalue weighted by Gasteiger charge is 2.19. The molecule has 7 heteroatoms. The van der Waals surface area contributed by atoms with Crippen LogP contribution in [0.25, 0.3) is 0 Å². The normalized spacial score (nSPS) is 10.9. The minimum Gasteiger partial charge on any atom is -0.496 e. The van der Waals surface area contributed by atoms with E-state index in [4.69, 9.17) is 4.74 Å². The van der Waals surface area contributed by atoms with Gasteiger partial charge in [0.25, 0.3) is 0 Å². The zero-order chi connectivity index (χ0) is 15.3. The molecule has 1 aromatic rings. The van der Waals surface area contributed by atoms with Crippen LogP contribution in [0.4, 0.5) is 0 Å². The van der Waals surface area contributed by atoms with Crippen molar-refractivity contribution in [2.45, 2.75) is 12.7 Å². The number of hydrogen-bond donors (Lipinski definition) is 1. The van der Waals surface area contributed by atoms with Crippen molar-refractivity contribution >= 4 is 21.5 Å². The average molecular weight is 299 g/mol. The number of ketones is 1. The summed E-state index contributed by atoms with van der Waals surface area (Å²) in [4.78, 5) is 22.5. The summed E-state index contributed by atoms with van der Waals surface area (Å²) in [5.74, 6) is -1.33. The Morgan fingerprint density at radius 1 is 1.30 bits per heavy atom. The zero-order valence-corrected chi connectivity index (χ0v) is 12.4. The monoisotopic (exact) mass is 299 g/mol. The van der Waals surface area contributed by atoms with Gasteiger partial charge in [0, 0.05) is 18.2 Å². The van der Waals surface area contributed by atoms with Crippen LogP contribution >= 0.6 is 0 Å². The lowest BCUT2D eigenvalue weighted by Gasteiger charge is -2.10. The van der Waals surface area contributed by atoms with Crippen LogP contribution in [0.3, 0.4) is 0 Å². The van der Waals surface area contributed by atoms with Crippen molar-refractivity contribution in [3.8, 4) is 5.75 Å². The van der Waals surface area contributed by atoms with Gasteiger partial charge in [0.05, 0.1) is 12.9 Å². The topological polar surface area (TPSA) is 89.5 Å². The maximum atomic E-state index is 11.9. The lowest BCUT2D eigenvalue weighted by atomic mass is 10.1. The smallest absolute Gasteiger partial charge is 0.234 e. The first-order valence-electron chi connectivity index (χ1n) is 5.88. The summed E-state index contributed by atoms with van der Waals surface area (Å²) >= 11 is 0. The number of sulfone groups is 1. The van der Waals surface area contributed by atoms with Gasteiger partial charge in [0.2, 0.25) is 5.91 Å². The number of methoxy groups -OCH3 is 1. The number of rotatable bonds is 6. The summed E-state index contributed by atoms with van der Waals surface area (Å²) in [5, 5.41) is 2.26. The van der Waals surface area contributed by atoms with Crippen molar-refractivity contribution in [3.05, 3.63) is 29.3 Å². The van der Waals surface area contributed by atoms with Crippen molar-refractivity contribution in [1.29, 1.82) is 0 Å². The second kappa shape index (κ2) is 6.51. The molecule has 0 aromatic heterocycles. The molecule has 0 aliphatic heterocycles. The Morgan fingerprint density at radius 3 is 2.45 bits per heavy atom. The van der Waals surface area contributed by atoms with Crippen LogP contribution in [0, 0.1) is 0 Å². The van der Waals surface area contributed by atoms with Gasteiger partial charge in [-0.1, -0.05) is 0 Å². The van der Waals surface area contributed by atoms with Gasteiger partial charge >= 0.3 is 0 Å². The molecule has 0 aliphatic carbocycles. The summed E-state index contributed by atoms with van der Waals surface area (Å²) in [5.41, 5.74) is 0.764. The molecule has 110 valence electrons. The highest BCUT2D eigenvalue weighted by atomic mass is 32.2. The lowest BCUT2D eigenvalue weighted by Crippen LogP contribution is -2.27. The van der Waals surface area contributed by atoms with Crippen molar-refractivity contribution in [2.75, 3.05) is 19.9 Å². The Morgan fingerprint density at radius 2 is 1.95 bits per heavy atom. The van der Waals surface area contributed by atoms with Gasteiger partial charge in [-0.25, -0.2) is 8.42 Å². The fraction of sp³-hybridized carbons (Fsp3) is 0.385. The van der Waals surface area contributed by atoms with E-state index < -0.39 is 21.5 Å². The molecule has 0 heterocycles. The van der Waals surface area contributed by atoms with Gasteiger partial charge < -0.3 is 10.1 Å². The molecule has 0 spiro atoms. The zero-order valence-electron chi connectivity index (χ0n) is 11.6. The van der Waals surface area contributed by atoms with Crippen LogP contribution in [-0.2, 0) is 20.4 Å². The van der Waals surface area contributed by atoms with E-state index in [1.807, 2.05) is 0 Å². The minimum atomic E-state index is -3.62. The van der Waals surface area contributed by atoms with Gasteiger partial charge in [0.15, 0.2) is 15.6 Å². The van der Waals surface area contributed by atoms with Crippen LogP contribution in [0.1, 0.15) is 22.8 Å². The maximum Gasteiger partial charge on any atom is 0.234 e. The van der Waals surface area contributed by atoms with Crippen LogP contribution < -0.4 is 10.1 Å². The Bertz CT molecular complexity index is 622. The predicted molar refractivity (Wildman–Crippen MR) is 74.6 cm³/mol. The fourth-order valence-corrected chi connectivity index (χ4v) is 3.02. The predicted octanol–water partition coefficient (Wildman–Crippen LogP) is 0.559. The minimum absolute atomic E-state index is 0.169. The molecule has 0 bridgehead atoms. The third kappa shape index (κ3) is 4.34. The van der Waals surface area contributed by atoms with Crippen molar-refractivity contribution in [1.82, 2.24) is 5.32 Å². The molecule has 0 aliphatic rings. The second-order valence-corrected chi connectivity index (χ2v) is 6.35. The van der Waals surface area contributed by atoms with Crippen LogP contribution in [0.5, 0.6) is 5.75 Å². The van der Waals surface area contributed by atoms with Crippen LogP contribution in [-0.4, -0.2) is 40.0 Å². The van der Waals surface area contributed by atoms with E-state index in [-0.39, 0.29) is 11.5 Å². The molecule has 1 aromatic carbocycles. The van der Waals surface area contributed by atoms with Gasteiger partial charge in [-0.3, -0.25) is 9.59 Å². The highest BCUT2D eigenvalue weighted by Crippen LogP contribution is 2.22. The lowest BCUT2D eigenvalue weighted by molar-refractivity contribution is -0.118. The molecule has 0 fully saturated rings. The quantitative estimate of drug-likeness (QED) is 0.775.